The lowest BCUT2D eigenvalue weighted by atomic mass is 10.0. The van der Waals surface area contributed by atoms with Crippen LogP contribution in [0.5, 0.6) is 0 Å². The fraction of sp³-hybridized carbons (Fsp3) is 0.417. The van der Waals surface area contributed by atoms with Crippen LogP contribution in [0.3, 0.4) is 0 Å². The maximum Gasteiger partial charge on any atom is 0.419 e. The molecule has 0 radical (unpaired) electrons. The van der Waals surface area contributed by atoms with Gasteiger partial charge in [-0.2, -0.15) is 18.4 Å². The molecule has 0 aromatic heterocycles. The number of anilines is 1. The van der Waals surface area contributed by atoms with Crippen molar-refractivity contribution < 1.29 is 13.2 Å². The van der Waals surface area contributed by atoms with Crippen molar-refractivity contribution in [2.24, 2.45) is 0 Å². The SMILES string of the molecule is N#Cc1cccc(N2CCCC2)c1C(F)(F)F. The van der Waals surface area contributed by atoms with E-state index in [0.29, 0.717) is 13.1 Å². The van der Waals surface area contributed by atoms with Gasteiger partial charge < -0.3 is 4.90 Å². The molecule has 0 amide bonds. The number of hydrogen-bond acceptors (Lipinski definition) is 2. The molecule has 0 saturated carbocycles. The van der Waals surface area contributed by atoms with Gasteiger partial charge in [-0.25, -0.2) is 0 Å². The van der Waals surface area contributed by atoms with Crippen LogP contribution in [0, 0.1) is 11.3 Å². The quantitative estimate of drug-likeness (QED) is 0.753. The van der Waals surface area contributed by atoms with E-state index >= 15 is 0 Å². The lowest BCUT2D eigenvalue weighted by Crippen LogP contribution is -2.23. The molecule has 90 valence electrons. The van der Waals surface area contributed by atoms with Crippen LogP contribution in [-0.4, -0.2) is 13.1 Å². The highest BCUT2D eigenvalue weighted by atomic mass is 19.4. The second-order valence-electron chi connectivity index (χ2n) is 4.00. The highest BCUT2D eigenvalue weighted by Gasteiger charge is 2.38. The first-order valence-corrected chi connectivity index (χ1v) is 5.39. The van der Waals surface area contributed by atoms with Crippen LogP contribution in [0.1, 0.15) is 24.0 Å². The summed E-state index contributed by atoms with van der Waals surface area (Å²) in [5.74, 6) is 0. The Bertz CT molecular complexity index is 454. The summed E-state index contributed by atoms with van der Waals surface area (Å²) < 4.78 is 38.9. The molecule has 17 heavy (non-hydrogen) atoms. The Kier molecular flexibility index (Phi) is 2.97. The van der Waals surface area contributed by atoms with E-state index in [1.807, 2.05) is 0 Å². The summed E-state index contributed by atoms with van der Waals surface area (Å²) in [7, 11) is 0. The van der Waals surface area contributed by atoms with Gasteiger partial charge in [-0.05, 0) is 25.0 Å². The fourth-order valence-corrected chi connectivity index (χ4v) is 2.15. The van der Waals surface area contributed by atoms with Crippen LogP contribution in [0.4, 0.5) is 18.9 Å². The maximum atomic E-state index is 13.0. The van der Waals surface area contributed by atoms with Gasteiger partial charge in [-0.15, -0.1) is 0 Å². The molecule has 2 rings (SSSR count). The van der Waals surface area contributed by atoms with Gasteiger partial charge in [0.1, 0.15) is 0 Å². The molecule has 1 saturated heterocycles. The standard InChI is InChI=1S/C12H11F3N2/c13-12(14,15)11-9(8-16)4-3-5-10(11)17-6-1-2-7-17/h3-5H,1-2,6-7H2. The van der Waals surface area contributed by atoms with Gasteiger partial charge >= 0.3 is 6.18 Å². The van der Waals surface area contributed by atoms with E-state index < -0.39 is 11.7 Å². The van der Waals surface area contributed by atoms with Crippen LogP contribution < -0.4 is 4.90 Å². The summed E-state index contributed by atoms with van der Waals surface area (Å²) in [6, 6.07) is 5.77. The molecule has 1 aromatic carbocycles. The maximum absolute atomic E-state index is 13.0. The predicted octanol–water partition coefficient (Wildman–Crippen LogP) is 3.18. The molecule has 1 heterocycles. The highest BCUT2D eigenvalue weighted by molar-refractivity contribution is 5.61. The molecule has 0 spiro atoms. The molecular formula is C12H11F3N2. The minimum atomic E-state index is -4.48. The van der Waals surface area contributed by atoms with Crippen LogP contribution in [-0.2, 0) is 6.18 Å². The van der Waals surface area contributed by atoms with Gasteiger partial charge in [0.2, 0.25) is 0 Å². The Morgan fingerprint density at radius 1 is 1.18 bits per heavy atom. The van der Waals surface area contributed by atoms with Crippen LogP contribution in [0.15, 0.2) is 18.2 Å². The Hall–Kier alpha value is -1.70. The van der Waals surface area contributed by atoms with E-state index in [1.54, 1.807) is 11.0 Å². The second-order valence-corrected chi connectivity index (χ2v) is 4.00. The van der Waals surface area contributed by atoms with Crippen LogP contribution in [0.25, 0.3) is 0 Å². The smallest absolute Gasteiger partial charge is 0.371 e. The minimum absolute atomic E-state index is 0.133. The molecule has 0 bridgehead atoms. The van der Waals surface area contributed by atoms with Gasteiger partial charge in [-0.3, -0.25) is 0 Å². The van der Waals surface area contributed by atoms with Crippen molar-refractivity contribution >= 4 is 5.69 Å². The number of halogens is 3. The zero-order valence-corrected chi connectivity index (χ0v) is 9.09. The molecule has 1 aliphatic rings. The largest absolute Gasteiger partial charge is 0.419 e. The lowest BCUT2D eigenvalue weighted by molar-refractivity contribution is -0.137. The molecule has 0 atom stereocenters. The lowest BCUT2D eigenvalue weighted by Gasteiger charge is -2.23. The highest BCUT2D eigenvalue weighted by Crippen LogP contribution is 2.39. The monoisotopic (exact) mass is 240 g/mol. The molecule has 5 heteroatoms. The average Bonchev–Trinajstić information content (AvgIpc) is 2.80. The number of rotatable bonds is 1. The molecule has 2 nitrogen and oxygen atoms in total. The Labute approximate surface area is 97.3 Å². The van der Waals surface area contributed by atoms with Gasteiger partial charge in [0, 0.05) is 13.1 Å². The van der Waals surface area contributed by atoms with Gasteiger partial charge in [0.15, 0.2) is 0 Å². The fourth-order valence-electron chi connectivity index (χ4n) is 2.15. The van der Waals surface area contributed by atoms with Crippen molar-refractivity contribution in [1.29, 1.82) is 5.26 Å². The normalized spacial score (nSPS) is 16.0. The van der Waals surface area contributed by atoms with Crippen molar-refractivity contribution in [3.63, 3.8) is 0 Å². The summed E-state index contributed by atoms with van der Waals surface area (Å²) in [5, 5.41) is 8.78. The van der Waals surface area contributed by atoms with Gasteiger partial charge in [-0.1, -0.05) is 6.07 Å². The summed E-state index contributed by atoms with van der Waals surface area (Å²) in [6.07, 6.45) is -2.69. The van der Waals surface area contributed by atoms with Crippen molar-refractivity contribution in [2.75, 3.05) is 18.0 Å². The van der Waals surface area contributed by atoms with E-state index in [2.05, 4.69) is 0 Å². The zero-order valence-electron chi connectivity index (χ0n) is 9.09. The molecule has 1 aromatic rings. The Morgan fingerprint density at radius 3 is 2.35 bits per heavy atom. The first kappa shape index (κ1) is 11.8. The molecule has 1 aliphatic heterocycles. The Morgan fingerprint density at radius 2 is 1.82 bits per heavy atom. The van der Waals surface area contributed by atoms with E-state index in [4.69, 9.17) is 5.26 Å². The van der Waals surface area contributed by atoms with E-state index in [1.165, 1.54) is 18.2 Å². The Balaban J connectivity index is 2.55. The number of nitriles is 1. The van der Waals surface area contributed by atoms with Crippen molar-refractivity contribution in [3.8, 4) is 6.07 Å². The summed E-state index contributed by atoms with van der Waals surface area (Å²) in [5.41, 5.74) is -0.972. The second kappa shape index (κ2) is 4.28. The summed E-state index contributed by atoms with van der Waals surface area (Å²) >= 11 is 0. The van der Waals surface area contributed by atoms with E-state index in [9.17, 15) is 13.2 Å². The number of alkyl halides is 3. The third-order valence-electron chi connectivity index (χ3n) is 2.89. The third-order valence-corrected chi connectivity index (χ3v) is 2.89. The zero-order chi connectivity index (χ0) is 12.5. The van der Waals surface area contributed by atoms with Crippen molar-refractivity contribution in [2.45, 2.75) is 19.0 Å². The molecule has 0 unspecified atom stereocenters. The average molecular weight is 240 g/mol. The van der Waals surface area contributed by atoms with Gasteiger partial charge in [0.25, 0.3) is 0 Å². The molecule has 1 fully saturated rings. The number of hydrogen-bond donors (Lipinski definition) is 0. The topological polar surface area (TPSA) is 27.0 Å². The van der Waals surface area contributed by atoms with Crippen molar-refractivity contribution in [1.82, 2.24) is 0 Å². The molecule has 0 aliphatic carbocycles. The first-order chi connectivity index (χ1) is 8.04. The summed E-state index contributed by atoms with van der Waals surface area (Å²) in [4.78, 5) is 1.70. The number of nitrogens with zero attached hydrogens (tertiary/aromatic N) is 2. The minimum Gasteiger partial charge on any atom is -0.371 e. The summed E-state index contributed by atoms with van der Waals surface area (Å²) in [6.45, 7) is 1.25. The van der Waals surface area contributed by atoms with Crippen molar-refractivity contribution in [3.05, 3.63) is 29.3 Å². The van der Waals surface area contributed by atoms with Gasteiger partial charge in [0.05, 0.1) is 22.9 Å². The number of benzene rings is 1. The van der Waals surface area contributed by atoms with E-state index in [0.717, 1.165) is 12.8 Å². The molecule has 0 N–H and O–H groups in total. The first-order valence-electron chi connectivity index (χ1n) is 5.39. The van der Waals surface area contributed by atoms with Crippen LogP contribution >= 0.6 is 0 Å². The molecular weight excluding hydrogens is 229 g/mol. The predicted molar refractivity (Wildman–Crippen MR) is 57.6 cm³/mol. The van der Waals surface area contributed by atoms with Crippen LogP contribution in [0.2, 0.25) is 0 Å². The van der Waals surface area contributed by atoms with E-state index in [-0.39, 0.29) is 11.3 Å². The third kappa shape index (κ3) is 2.21.